The highest BCUT2D eigenvalue weighted by atomic mass is 32.2. The van der Waals surface area contributed by atoms with Gasteiger partial charge in [0.15, 0.2) is 0 Å². The van der Waals surface area contributed by atoms with Crippen LogP contribution >= 0.6 is 35.7 Å². The number of amides is 1. The summed E-state index contributed by atoms with van der Waals surface area (Å²) < 4.78 is 6.09. The molecule has 1 saturated heterocycles. The largest absolute Gasteiger partial charge is 0.378 e. The molecule has 0 aliphatic carbocycles. The lowest BCUT2D eigenvalue weighted by Gasteiger charge is -2.37. The minimum atomic E-state index is -0.163. The van der Waals surface area contributed by atoms with Crippen LogP contribution in [-0.2, 0) is 9.53 Å². The number of thiocarbonyl (C=S) groups is 1. The highest BCUT2D eigenvalue weighted by Crippen LogP contribution is 2.39. The van der Waals surface area contributed by atoms with Crippen molar-refractivity contribution < 1.29 is 9.53 Å². The zero-order chi connectivity index (χ0) is 15.2. The number of morpholine rings is 1. The maximum Gasteiger partial charge on any atom is 0.227 e. The molecule has 1 amide bonds. The van der Waals surface area contributed by atoms with Crippen LogP contribution in [0.3, 0.4) is 0 Å². The van der Waals surface area contributed by atoms with Crippen molar-refractivity contribution in [2.75, 3.05) is 32.1 Å². The lowest BCUT2D eigenvalue weighted by Crippen LogP contribution is -2.48. The van der Waals surface area contributed by atoms with Crippen molar-refractivity contribution in [2.45, 2.75) is 38.9 Å². The van der Waals surface area contributed by atoms with Crippen molar-refractivity contribution >= 4 is 45.2 Å². The molecule has 3 nitrogen and oxygen atoms in total. The first kappa shape index (κ1) is 18.3. The van der Waals surface area contributed by atoms with Crippen molar-refractivity contribution in [1.82, 2.24) is 4.90 Å². The van der Waals surface area contributed by atoms with Crippen LogP contribution in [0.4, 0.5) is 0 Å². The third kappa shape index (κ3) is 5.20. The Labute approximate surface area is 136 Å². The van der Waals surface area contributed by atoms with Gasteiger partial charge in [-0.15, -0.1) is 23.5 Å². The third-order valence-corrected chi connectivity index (χ3v) is 6.19. The number of thioether (sulfide) groups is 2. The van der Waals surface area contributed by atoms with Crippen LogP contribution in [0, 0.1) is 5.92 Å². The van der Waals surface area contributed by atoms with Gasteiger partial charge in [0.1, 0.15) is 3.53 Å². The molecule has 1 atom stereocenters. The molecule has 0 aromatic carbocycles. The van der Waals surface area contributed by atoms with E-state index in [9.17, 15) is 4.79 Å². The fourth-order valence-corrected chi connectivity index (χ4v) is 5.71. The number of nitrogens with zero attached hydrogens (tertiary/aromatic N) is 1. The molecule has 0 aromatic heterocycles. The summed E-state index contributed by atoms with van der Waals surface area (Å²) in [6, 6.07) is 0. The minimum Gasteiger partial charge on any atom is -0.378 e. The summed E-state index contributed by atoms with van der Waals surface area (Å²) in [5, 5.41) is 0. The lowest BCUT2D eigenvalue weighted by atomic mass is 9.90. The highest BCUT2D eigenvalue weighted by molar-refractivity contribution is 8.47. The molecule has 1 aliphatic rings. The van der Waals surface area contributed by atoms with Gasteiger partial charge in [-0.25, -0.2) is 0 Å². The van der Waals surface area contributed by atoms with Crippen LogP contribution in [0.5, 0.6) is 0 Å². The summed E-state index contributed by atoms with van der Waals surface area (Å²) in [6.45, 7) is 11.2. The lowest BCUT2D eigenvalue weighted by molar-refractivity contribution is -0.140. The summed E-state index contributed by atoms with van der Waals surface area (Å²) in [4.78, 5) is 14.7. The zero-order valence-electron chi connectivity index (χ0n) is 12.8. The van der Waals surface area contributed by atoms with Crippen LogP contribution in [-0.4, -0.2) is 51.1 Å². The van der Waals surface area contributed by atoms with Gasteiger partial charge in [-0.05, 0) is 26.0 Å². The average molecular weight is 336 g/mol. The molecule has 1 fully saturated rings. The van der Waals surface area contributed by atoms with Gasteiger partial charge in [-0.3, -0.25) is 4.79 Å². The molecule has 0 saturated carbocycles. The summed E-state index contributed by atoms with van der Waals surface area (Å²) in [5.41, 5.74) is 0. The maximum atomic E-state index is 12.7. The van der Waals surface area contributed by atoms with Gasteiger partial charge in [0.05, 0.1) is 19.1 Å². The van der Waals surface area contributed by atoms with Crippen LogP contribution in [0.2, 0.25) is 0 Å². The Morgan fingerprint density at radius 3 is 2.45 bits per heavy atom. The van der Waals surface area contributed by atoms with Crippen molar-refractivity contribution in [3.63, 3.8) is 0 Å². The number of carbonyl (C=O) groups is 1. The van der Waals surface area contributed by atoms with E-state index in [0.717, 1.165) is 15.7 Å². The van der Waals surface area contributed by atoms with Gasteiger partial charge >= 0.3 is 0 Å². The molecule has 0 spiro atoms. The second kappa shape index (κ2) is 8.61. The molecule has 1 unspecified atom stereocenters. The molecule has 0 bridgehead atoms. The Balaban J connectivity index is 2.71. The first-order valence-corrected chi connectivity index (χ1v) is 9.35. The molecule has 0 aromatic rings. The van der Waals surface area contributed by atoms with E-state index in [-0.39, 0.29) is 16.6 Å². The molecule has 1 rings (SSSR count). The number of carbonyl (C=O) groups excluding carboxylic acids is 1. The fourth-order valence-electron chi connectivity index (χ4n) is 2.40. The SMILES string of the molecule is CCSC(=S)SC(C)(C)C(CC)C(=O)N1CCOCC1. The molecular formula is C14H25NO2S3. The van der Waals surface area contributed by atoms with E-state index in [4.69, 9.17) is 17.0 Å². The molecule has 1 aliphatic heterocycles. The smallest absolute Gasteiger partial charge is 0.227 e. The van der Waals surface area contributed by atoms with Gasteiger partial charge in [-0.2, -0.15) is 0 Å². The third-order valence-electron chi connectivity index (χ3n) is 3.48. The van der Waals surface area contributed by atoms with Gasteiger partial charge in [-0.1, -0.05) is 26.1 Å². The second-order valence-electron chi connectivity index (χ2n) is 5.29. The molecule has 20 heavy (non-hydrogen) atoms. The normalized spacial score (nSPS) is 17.9. The van der Waals surface area contributed by atoms with Crippen LogP contribution in [0.25, 0.3) is 0 Å². The van der Waals surface area contributed by atoms with E-state index < -0.39 is 0 Å². The quantitative estimate of drug-likeness (QED) is 0.718. The Bertz CT molecular complexity index is 341. The summed E-state index contributed by atoms with van der Waals surface area (Å²) in [5.74, 6) is 1.23. The number of ether oxygens (including phenoxy) is 1. The van der Waals surface area contributed by atoms with Crippen LogP contribution < -0.4 is 0 Å². The van der Waals surface area contributed by atoms with E-state index in [2.05, 4.69) is 27.7 Å². The fraction of sp³-hybridized carbons (Fsp3) is 0.857. The van der Waals surface area contributed by atoms with E-state index >= 15 is 0 Å². The standard InChI is InChI=1S/C14H25NO2S3/c1-5-11(12(16)15-7-9-17-10-8-15)14(3,4)20-13(18)19-6-2/h11H,5-10H2,1-4H3. The maximum absolute atomic E-state index is 12.7. The van der Waals surface area contributed by atoms with E-state index in [1.807, 2.05) is 4.90 Å². The first-order chi connectivity index (χ1) is 9.42. The van der Waals surface area contributed by atoms with E-state index in [1.54, 1.807) is 23.5 Å². The average Bonchev–Trinajstić information content (AvgIpc) is 2.39. The number of hydrogen-bond donors (Lipinski definition) is 0. The molecule has 0 N–H and O–H groups in total. The van der Waals surface area contributed by atoms with Crippen molar-refractivity contribution in [1.29, 1.82) is 0 Å². The molecule has 6 heteroatoms. The Hall–Kier alpha value is 0.220. The number of rotatable bonds is 5. The van der Waals surface area contributed by atoms with E-state index in [1.165, 1.54) is 0 Å². The molecular weight excluding hydrogens is 310 g/mol. The first-order valence-electron chi connectivity index (χ1n) is 7.14. The Morgan fingerprint density at radius 2 is 1.95 bits per heavy atom. The molecule has 1 heterocycles. The second-order valence-corrected chi connectivity index (χ2v) is 9.41. The predicted octanol–water partition coefficient (Wildman–Crippen LogP) is 3.42. The topological polar surface area (TPSA) is 29.5 Å². The summed E-state index contributed by atoms with van der Waals surface area (Å²) in [6.07, 6.45) is 0.843. The van der Waals surface area contributed by atoms with Crippen molar-refractivity contribution in [2.24, 2.45) is 5.92 Å². The van der Waals surface area contributed by atoms with Gasteiger partial charge in [0.25, 0.3) is 0 Å². The van der Waals surface area contributed by atoms with Crippen LogP contribution in [0.15, 0.2) is 0 Å². The van der Waals surface area contributed by atoms with Gasteiger partial charge < -0.3 is 9.64 Å². The minimum absolute atomic E-state index is 0.000932. The van der Waals surface area contributed by atoms with Crippen LogP contribution in [0.1, 0.15) is 34.1 Å². The van der Waals surface area contributed by atoms with E-state index in [0.29, 0.717) is 26.3 Å². The zero-order valence-corrected chi connectivity index (χ0v) is 15.3. The monoisotopic (exact) mass is 335 g/mol. The Kier molecular flexibility index (Phi) is 7.87. The van der Waals surface area contributed by atoms with Gasteiger partial charge in [0.2, 0.25) is 5.91 Å². The summed E-state index contributed by atoms with van der Waals surface area (Å²) in [7, 11) is 0. The Morgan fingerprint density at radius 1 is 1.35 bits per heavy atom. The summed E-state index contributed by atoms with van der Waals surface area (Å²) >= 11 is 8.74. The van der Waals surface area contributed by atoms with Crippen molar-refractivity contribution in [3.05, 3.63) is 0 Å². The van der Waals surface area contributed by atoms with Gasteiger partial charge in [0, 0.05) is 17.8 Å². The highest BCUT2D eigenvalue weighted by Gasteiger charge is 2.38. The molecule has 116 valence electrons. The molecule has 0 radical (unpaired) electrons. The number of hydrogen-bond acceptors (Lipinski definition) is 5. The van der Waals surface area contributed by atoms with Crippen molar-refractivity contribution in [3.8, 4) is 0 Å². The predicted molar refractivity (Wildman–Crippen MR) is 93.6 cm³/mol.